The van der Waals surface area contributed by atoms with Crippen LogP contribution in [0.5, 0.6) is 5.75 Å². The molecule has 8 heteroatoms. The third-order valence-electron chi connectivity index (χ3n) is 7.57. The minimum absolute atomic E-state index is 0.119. The number of benzene rings is 2. The van der Waals surface area contributed by atoms with Gasteiger partial charge in [0.25, 0.3) is 0 Å². The number of likely N-dealkylation sites (tertiary alicyclic amines) is 1. The molecule has 1 saturated heterocycles. The zero-order valence-corrected chi connectivity index (χ0v) is 21.9. The second kappa shape index (κ2) is 13.8. The molecule has 0 aromatic heterocycles. The second-order valence-corrected chi connectivity index (χ2v) is 10.5. The Kier molecular flexibility index (Phi) is 10.0. The molecule has 2 fully saturated rings. The molecule has 0 radical (unpaired) electrons. The number of hydrogen-bond acceptors (Lipinski definition) is 4. The van der Waals surface area contributed by atoms with Crippen molar-refractivity contribution in [3.63, 3.8) is 0 Å². The maximum absolute atomic E-state index is 13.3. The molecular weight excluding hydrogens is 482 g/mol. The van der Waals surface area contributed by atoms with E-state index in [1.54, 1.807) is 0 Å². The normalized spacial score (nSPS) is 17.4. The molecule has 1 aliphatic heterocycles. The first-order valence-electron chi connectivity index (χ1n) is 13.8. The number of carbonyl (C=O) groups is 3. The summed E-state index contributed by atoms with van der Waals surface area (Å²) in [6, 6.07) is 17.1. The first kappa shape index (κ1) is 27.5. The van der Waals surface area contributed by atoms with Gasteiger partial charge >= 0.3 is 6.09 Å². The molecule has 1 saturated carbocycles. The lowest BCUT2D eigenvalue weighted by molar-refractivity contribution is -0.130. The molecule has 1 unspecified atom stereocenters. The van der Waals surface area contributed by atoms with Crippen molar-refractivity contribution < 1.29 is 24.2 Å². The van der Waals surface area contributed by atoms with Crippen LogP contribution in [0.2, 0.25) is 0 Å². The highest BCUT2D eigenvalue weighted by molar-refractivity contribution is 5.88. The Morgan fingerprint density at radius 2 is 1.58 bits per heavy atom. The number of ether oxygens (including phenoxy) is 1. The van der Waals surface area contributed by atoms with Gasteiger partial charge in [-0.15, -0.1) is 0 Å². The average Bonchev–Trinajstić information content (AvgIpc) is 2.93. The summed E-state index contributed by atoms with van der Waals surface area (Å²) in [6.07, 6.45) is 6.46. The number of piperidine rings is 1. The quantitative estimate of drug-likeness (QED) is 0.426. The summed E-state index contributed by atoms with van der Waals surface area (Å²) >= 11 is 0. The van der Waals surface area contributed by atoms with Crippen LogP contribution in [-0.2, 0) is 22.6 Å². The van der Waals surface area contributed by atoms with Gasteiger partial charge in [-0.1, -0.05) is 61.7 Å². The van der Waals surface area contributed by atoms with Gasteiger partial charge in [-0.25, -0.2) is 4.79 Å². The Morgan fingerprint density at radius 3 is 2.24 bits per heavy atom. The molecule has 1 atom stereocenters. The standard InChI is InChI=1S/C30H39N3O5/c34-28(20-23-15-17-33(18-16-23)30(36)37)32-27(29(35)31-25-9-5-2-6-10-25)19-22-11-13-26(14-12-22)38-21-24-7-3-1-4-8-24/h1,3-4,7-8,11-14,23,25,27H,2,5-6,9-10,15-21H2,(H,31,35)(H,32,34)(H,36,37). The highest BCUT2D eigenvalue weighted by Crippen LogP contribution is 2.22. The molecule has 2 aromatic rings. The fourth-order valence-corrected chi connectivity index (χ4v) is 5.30. The minimum Gasteiger partial charge on any atom is -0.489 e. The Bertz CT molecular complexity index is 1050. The molecule has 4 rings (SSSR count). The van der Waals surface area contributed by atoms with Gasteiger partial charge in [0.1, 0.15) is 18.4 Å². The van der Waals surface area contributed by atoms with Crippen molar-refractivity contribution in [2.45, 2.75) is 76.5 Å². The van der Waals surface area contributed by atoms with Crippen LogP contribution in [0.3, 0.4) is 0 Å². The van der Waals surface area contributed by atoms with Gasteiger partial charge in [0.2, 0.25) is 11.8 Å². The fourth-order valence-electron chi connectivity index (χ4n) is 5.30. The van der Waals surface area contributed by atoms with E-state index < -0.39 is 12.1 Å². The molecule has 2 aliphatic rings. The Morgan fingerprint density at radius 1 is 0.895 bits per heavy atom. The predicted molar refractivity (Wildman–Crippen MR) is 145 cm³/mol. The molecule has 8 nitrogen and oxygen atoms in total. The Labute approximate surface area is 224 Å². The number of carboxylic acid groups (broad SMARTS) is 1. The van der Waals surface area contributed by atoms with Gasteiger partial charge in [0.05, 0.1) is 0 Å². The van der Waals surface area contributed by atoms with E-state index in [4.69, 9.17) is 9.84 Å². The van der Waals surface area contributed by atoms with Crippen molar-refractivity contribution in [1.29, 1.82) is 0 Å². The van der Waals surface area contributed by atoms with Crippen LogP contribution in [-0.4, -0.2) is 53.1 Å². The van der Waals surface area contributed by atoms with E-state index in [0.29, 0.717) is 45.4 Å². The van der Waals surface area contributed by atoms with Crippen molar-refractivity contribution in [3.05, 3.63) is 65.7 Å². The van der Waals surface area contributed by atoms with Gasteiger partial charge in [-0.05, 0) is 54.9 Å². The summed E-state index contributed by atoms with van der Waals surface area (Å²) in [4.78, 5) is 38.8. The molecule has 38 heavy (non-hydrogen) atoms. The summed E-state index contributed by atoms with van der Waals surface area (Å²) in [7, 11) is 0. The molecule has 3 amide bonds. The van der Waals surface area contributed by atoms with Crippen molar-refractivity contribution >= 4 is 17.9 Å². The van der Waals surface area contributed by atoms with Gasteiger partial charge in [-0.3, -0.25) is 9.59 Å². The van der Waals surface area contributed by atoms with E-state index in [1.807, 2.05) is 54.6 Å². The van der Waals surface area contributed by atoms with Crippen molar-refractivity contribution in [2.75, 3.05) is 13.1 Å². The maximum atomic E-state index is 13.3. The monoisotopic (exact) mass is 521 g/mol. The van der Waals surface area contributed by atoms with Crippen molar-refractivity contribution in [3.8, 4) is 5.75 Å². The molecule has 1 heterocycles. The van der Waals surface area contributed by atoms with E-state index in [0.717, 1.165) is 42.6 Å². The first-order chi connectivity index (χ1) is 18.5. The van der Waals surface area contributed by atoms with Crippen LogP contribution < -0.4 is 15.4 Å². The highest BCUT2D eigenvalue weighted by atomic mass is 16.5. The van der Waals surface area contributed by atoms with E-state index >= 15 is 0 Å². The number of hydrogen-bond donors (Lipinski definition) is 3. The Hall–Kier alpha value is -3.55. The number of nitrogens with zero attached hydrogens (tertiary/aromatic N) is 1. The lowest BCUT2D eigenvalue weighted by Gasteiger charge is -2.30. The summed E-state index contributed by atoms with van der Waals surface area (Å²) < 4.78 is 5.88. The van der Waals surface area contributed by atoms with Gasteiger partial charge in [-0.2, -0.15) is 0 Å². The smallest absolute Gasteiger partial charge is 0.407 e. The summed E-state index contributed by atoms with van der Waals surface area (Å²) in [5.74, 6) is 0.562. The largest absolute Gasteiger partial charge is 0.489 e. The van der Waals surface area contributed by atoms with Crippen LogP contribution >= 0.6 is 0 Å². The number of nitrogens with one attached hydrogen (secondary N) is 2. The number of rotatable bonds is 10. The summed E-state index contributed by atoms with van der Waals surface area (Å²) in [5, 5.41) is 15.3. The third kappa shape index (κ3) is 8.50. The minimum atomic E-state index is -0.913. The summed E-state index contributed by atoms with van der Waals surface area (Å²) in [6.45, 7) is 1.36. The van der Waals surface area contributed by atoms with Crippen LogP contribution in [0.1, 0.15) is 62.5 Å². The predicted octanol–water partition coefficient (Wildman–Crippen LogP) is 4.52. The Balaban J connectivity index is 1.34. The highest BCUT2D eigenvalue weighted by Gasteiger charge is 2.28. The number of carbonyl (C=O) groups excluding carboxylic acids is 2. The van der Waals surface area contributed by atoms with E-state index in [1.165, 1.54) is 11.3 Å². The molecule has 1 aliphatic carbocycles. The fraction of sp³-hybridized carbons (Fsp3) is 0.500. The number of amides is 3. The maximum Gasteiger partial charge on any atom is 0.407 e. The molecular formula is C30H39N3O5. The van der Waals surface area contributed by atoms with Gasteiger partial charge < -0.3 is 25.4 Å². The molecule has 2 aromatic carbocycles. The van der Waals surface area contributed by atoms with Crippen molar-refractivity contribution in [1.82, 2.24) is 15.5 Å². The lowest BCUT2D eigenvalue weighted by Crippen LogP contribution is -2.51. The van der Waals surface area contributed by atoms with Gasteiger partial charge in [0.15, 0.2) is 0 Å². The van der Waals surface area contributed by atoms with Crippen molar-refractivity contribution in [2.24, 2.45) is 5.92 Å². The molecule has 0 spiro atoms. The zero-order chi connectivity index (χ0) is 26.7. The van der Waals surface area contributed by atoms with Crippen LogP contribution in [0.25, 0.3) is 0 Å². The van der Waals surface area contributed by atoms with Crippen LogP contribution in [0.15, 0.2) is 54.6 Å². The molecule has 0 bridgehead atoms. The topological polar surface area (TPSA) is 108 Å². The first-order valence-corrected chi connectivity index (χ1v) is 13.8. The molecule has 3 N–H and O–H groups in total. The van der Waals surface area contributed by atoms with Crippen LogP contribution in [0, 0.1) is 5.92 Å². The second-order valence-electron chi connectivity index (χ2n) is 10.5. The lowest BCUT2D eigenvalue weighted by atomic mass is 9.93. The van der Waals surface area contributed by atoms with Gasteiger partial charge in [0, 0.05) is 32.0 Å². The van der Waals surface area contributed by atoms with E-state index in [9.17, 15) is 14.4 Å². The van der Waals surface area contributed by atoms with Crippen LogP contribution in [0.4, 0.5) is 4.79 Å². The SMILES string of the molecule is O=C(CC1CCN(C(=O)O)CC1)NC(Cc1ccc(OCc2ccccc2)cc1)C(=O)NC1CCCCC1. The zero-order valence-electron chi connectivity index (χ0n) is 21.9. The average molecular weight is 522 g/mol. The summed E-state index contributed by atoms with van der Waals surface area (Å²) in [5.41, 5.74) is 2.03. The van der Waals surface area contributed by atoms with E-state index in [-0.39, 0.29) is 23.8 Å². The molecule has 204 valence electrons. The van der Waals surface area contributed by atoms with E-state index in [2.05, 4.69) is 10.6 Å². The third-order valence-corrected chi connectivity index (χ3v) is 7.57.